The number of carbonyl (C=O) groups excluding carboxylic acids is 1. The number of hydrogen-bond donors (Lipinski definition) is 1. The van der Waals surface area contributed by atoms with Gasteiger partial charge in [0.25, 0.3) is 0 Å². The van der Waals surface area contributed by atoms with E-state index in [4.69, 9.17) is 4.74 Å². The lowest BCUT2D eigenvalue weighted by Gasteiger charge is -2.42. The van der Waals surface area contributed by atoms with Crippen molar-refractivity contribution < 1.29 is 9.53 Å². The van der Waals surface area contributed by atoms with Crippen LogP contribution in [0, 0.1) is 5.92 Å². The van der Waals surface area contributed by atoms with Gasteiger partial charge in [-0.3, -0.25) is 9.69 Å². The maximum absolute atomic E-state index is 12.5. The van der Waals surface area contributed by atoms with Crippen LogP contribution in [-0.2, 0) is 16.1 Å². The molecule has 0 bridgehead atoms. The molecule has 172 valence electrons. The SMILES string of the molecule is O=C(Nc1ccnn1C1CCN(C2CCN(Cc3ccccc3)CC2)CC1)[C@H]1CCOC1. The van der Waals surface area contributed by atoms with E-state index in [1.807, 2.05) is 10.7 Å². The summed E-state index contributed by atoms with van der Waals surface area (Å²) < 4.78 is 7.39. The number of nitrogens with one attached hydrogen (secondary N) is 1. The summed E-state index contributed by atoms with van der Waals surface area (Å²) in [6.07, 6.45) is 7.29. The van der Waals surface area contributed by atoms with Crippen molar-refractivity contribution in [2.24, 2.45) is 5.92 Å². The maximum atomic E-state index is 12.5. The van der Waals surface area contributed by atoms with Crippen molar-refractivity contribution in [1.82, 2.24) is 19.6 Å². The topological polar surface area (TPSA) is 62.6 Å². The van der Waals surface area contributed by atoms with Gasteiger partial charge in [-0.15, -0.1) is 0 Å². The van der Waals surface area contributed by atoms with Crippen LogP contribution in [0.25, 0.3) is 0 Å². The average molecular weight is 438 g/mol. The van der Waals surface area contributed by atoms with E-state index in [0.29, 0.717) is 25.3 Å². The largest absolute Gasteiger partial charge is 0.381 e. The Morgan fingerprint density at radius 2 is 1.72 bits per heavy atom. The number of nitrogens with zero attached hydrogens (tertiary/aromatic N) is 4. The van der Waals surface area contributed by atoms with Crippen molar-refractivity contribution in [3.63, 3.8) is 0 Å². The van der Waals surface area contributed by atoms with Gasteiger partial charge in [-0.25, -0.2) is 4.68 Å². The van der Waals surface area contributed by atoms with Crippen LogP contribution in [0.2, 0.25) is 0 Å². The van der Waals surface area contributed by atoms with Gasteiger partial charge in [-0.05, 0) is 50.8 Å². The van der Waals surface area contributed by atoms with E-state index in [-0.39, 0.29) is 11.8 Å². The van der Waals surface area contributed by atoms with Gasteiger partial charge in [0.05, 0.1) is 24.8 Å². The molecule has 7 nitrogen and oxygen atoms in total. The van der Waals surface area contributed by atoms with E-state index in [1.165, 1.54) is 31.5 Å². The number of hydrogen-bond acceptors (Lipinski definition) is 5. The summed E-state index contributed by atoms with van der Waals surface area (Å²) in [6.45, 7) is 6.86. The van der Waals surface area contributed by atoms with Crippen LogP contribution in [0.5, 0.6) is 0 Å². The van der Waals surface area contributed by atoms with Gasteiger partial charge in [0, 0.05) is 38.3 Å². The molecule has 3 aliphatic heterocycles. The molecule has 0 radical (unpaired) electrons. The predicted octanol–water partition coefficient (Wildman–Crippen LogP) is 3.16. The first kappa shape index (κ1) is 21.6. The molecular weight excluding hydrogens is 402 g/mol. The van der Waals surface area contributed by atoms with Crippen LogP contribution in [0.15, 0.2) is 42.6 Å². The summed E-state index contributed by atoms with van der Waals surface area (Å²) in [4.78, 5) is 17.8. The minimum atomic E-state index is -0.0343. The van der Waals surface area contributed by atoms with Crippen LogP contribution in [0.3, 0.4) is 0 Å². The second-order valence-corrected chi connectivity index (χ2v) is 9.47. The molecule has 1 amide bonds. The molecule has 3 fully saturated rings. The van der Waals surface area contributed by atoms with Gasteiger partial charge in [0.2, 0.25) is 5.91 Å². The highest BCUT2D eigenvalue weighted by atomic mass is 16.5. The Morgan fingerprint density at radius 3 is 2.44 bits per heavy atom. The third-order valence-corrected chi connectivity index (χ3v) is 7.39. The predicted molar refractivity (Wildman–Crippen MR) is 124 cm³/mol. The highest BCUT2D eigenvalue weighted by Crippen LogP contribution is 2.29. The van der Waals surface area contributed by atoms with Crippen molar-refractivity contribution in [2.45, 2.75) is 50.7 Å². The Bertz CT molecular complexity index is 863. The number of benzene rings is 1. The number of likely N-dealkylation sites (tertiary alicyclic amines) is 2. The van der Waals surface area contributed by atoms with Gasteiger partial charge >= 0.3 is 0 Å². The Kier molecular flexibility index (Phi) is 6.86. The monoisotopic (exact) mass is 437 g/mol. The summed E-state index contributed by atoms with van der Waals surface area (Å²) in [5, 5.41) is 7.64. The van der Waals surface area contributed by atoms with Crippen molar-refractivity contribution >= 4 is 11.7 Å². The summed E-state index contributed by atoms with van der Waals surface area (Å²) >= 11 is 0. The molecule has 32 heavy (non-hydrogen) atoms. The molecule has 0 unspecified atom stereocenters. The molecular formula is C25H35N5O2. The molecule has 1 aromatic heterocycles. The minimum absolute atomic E-state index is 0.0343. The molecule has 1 N–H and O–H groups in total. The number of piperidine rings is 2. The Hall–Kier alpha value is -2.22. The normalized spacial score (nSPS) is 24.1. The van der Waals surface area contributed by atoms with Crippen LogP contribution in [0.1, 0.15) is 43.7 Å². The summed E-state index contributed by atoms with van der Waals surface area (Å²) in [5.74, 6) is 0.853. The smallest absolute Gasteiger partial charge is 0.231 e. The van der Waals surface area contributed by atoms with E-state index in [1.54, 1.807) is 6.20 Å². The number of rotatable bonds is 6. The third kappa shape index (κ3) is 5.05. The van der Waals surface area contributed by atoms with Gasteiger partial charge in [0.1, 0.15) is 5.82 Å². The summed E-state index contributed by atoms with van der Waals surface area (Å²) in [5.41, 5.74) is 1.41. The fourth-order valence-corrected chi connectivity index (χ4v) is 5.45. The molecule has 3 aliphatic rings. The second kappa shape index (κ2) is 10.1. The summed E-state index contributed by atoms with van der Waals surface area (Å²) in [7, 11) is 0. The minimum Gasteiger partial charge on any atom is -0.381 e. The molecule has 3 saturated heterocycles. The first-order chi connectivity index (χ1) is 15.8. The average Bonchev–Trinajstić information content (AvgIpc) is 3.53. The lowest BCUT2D eigenvalue weighted by molar-refractivity contribution is -0.119. The third-order valence-electron chi connectivity index (χ3n) is 7.39. The highest BCUT2D eigenvalue weighted by Gasteiger charge is 2.30. The molecule has 7 heteroatoms. The fourth-order valence-electron chi connectivity index (χ4n) is 5.45. The number of carbonyl (C=O) groups is 1. The quantitative estimate of drug-likeness (QED) is 0.752. The fraction of sp³-hybridized carbons (Fsp3) is 0.600. The maximum Gasteiger partial charge on any atom is 0.231 e. The van der Waals surface area contributed by atoms with Crippen LogP contribution < -0.4 is 5.32 Å². The van der Waals surface area contributed by atoms with Crippen molar-refractivity contribution in [2.75, 3.05) is 44.7 Å². The van der Waals surface area contributed by atoms with Gasteiger partial charge in [-0.1, -0.05) is 30.3 Å². The van der Waals surface area contributed by atoms with Crippen molar-refractivity contribution in [1.29, 1.82) is 0 Å². The van der Waals surface area contributed by atoms with Crippen LogP contribution in [-0.4, -0.2) is 70.9 Å². The molecule has 0 saturated carbocycles. The lowest BCUT2D eigenvalue weighted by atomic mass is 9.97. The van der Waals surface area contributed by atoms with Gasteiger partial charge in [0.15, 0.2) is 0 Å². The number of aromatic nitrogens is 2. The first-order valence-electron chi connectivity index (χ1n) is 12.2. The van der Waals surface area contributed by atoms with E-state index < -0.39 is 0 Å². The molecule has 1 atom stereocenters. The van der Waals surface area contributed by atoms with Crippen molar-refractivity contribution in [3.05, 3.63) is 48.2 Å². The van der Waals surface area contributed by atoms with E-state index >= 15 is 0 Å². The second-order valence-electron chi connectivity index (χ2n) is 9.47. The number of amides is 1. The Labute approximate surface area is 190 Å². The van der Waals surface area contributed by atoms with E-state index in [2.05, 4.69) is 50.5 Å². The zero-order chi connectivity index (χ0) is 21.8. The standard InChI is InChI=1S/C25H35N5O2/c31-25(21-11-17-32-19-21)27-24-6-12-26-30(24)23-9-15-29(16-10-23)22-7-13-28(14-8-22)18-20-4-2-1-3-5-20/h1-6,12,21-23H,7-11,13-19H2,(H,27,31)/t21-/m0/s1. The molecule has 0 aliphatic carbocycles. The number of anilines is 1. The van der Waals surface area contributed by atoms with Gasteiger partial charge in [-0.2, -0.15) is 5.10 Å². The van der Waals surface area contributed by atoms with Crippen LogP contribution >= 0.6 is 0 Å². The molecule has 2 aromatic rings. The number of ether oxygens (including phenoxy) is 1. The summed E-state index contributed by atoms with van der Waals surface area (Å²) in [6, 6.07) is 13.8. The zero-order valence-electron chi connectivity index (χ0n) is 18.9. The molecule has 4 heterocycles. The van der Waals surface area contributed by atoms with Crippen LogP contribution in [0.4, 0.5) is 5.82 Å². The van der Waals surface area contributed by atoms with E-state index in [0.717, 1.165) is 44.7 Å². The first-order valence-corrected chi connectivity index (χ1v) is 12.2. The highest BCUT2D eigenvalue weighted by molar-refractivity contribution is 5.92. The Balaban J connectivity index is 1.09. The zero-order valence-corrected chi connectivity index (χ0v) is 18.9. The lowest BCUT2D eigenvalue weighted by Crippen LogP contribution is -2.47. The molecule has 5 rings (SSSR count). The molecule has 0 spiro atoms. The Morgan fingerprint density at radius 1 is 0.969 bits per heavy atom. The van der Waals surface area contributed by atoms with E-state index in [9.17, 15) is 4.79 Å². The molecule has 1 aromatic carbocycles. The van der Waals surface area contributed by atoms with Gasteiger partial charge < -0.3 is 15.0 Å². The van der Waals surface area contributed by atoms with Crippen molar-refractivity contribution in [3.8, 4) is 0 Å².